The van der Waals surface area contributed by atoms with E-state index in [-0.39, 0.29) is 11.9 Å². The van der Waals surface area contributed by atoms with Gasteiger partial charge in [0.15, 0.2) is 0 Å². The minimum Gasteiger partial charge on any atom is -0.494 e. The van der Waals surface area contributed by atoms with Crippen LogP contribution in [0, 0.1) is 0 Å². The molecule has 0 atom stereocenters. The molecule has 1 aromatic carbocycles. The van der Waals surface area contributed by atoms with Gasteiger partial charge in [0.2, 0.25) is 0 Å². The summed E-state index contributed by atoms with van der Waals surface area (Å²) in [5.41, 5.74) is 7.61. The van der Waals surface area contributed by atoms with Crippen molar-refractivity contribution in [2.24, 2.45) is 0 Å². The molecule has 0 bridgehead atoms. The Labute approximate surface area is 124 Å². The molecule has 0 saturated heterocycles. The third kappa shape index (κ3) is 3.56. The van der Waals surface area contributed by atoms with Crippen molar-refractivity contribution in [2.45, 2.75) is 26.8 Å². The Morgan fingerprint density at radius 1 is 1.38 bits per heavy atom. The molecule has 2 rings (SSSR count). The molecule has 1 amide bonds. The second-order valence-electron chi connectivity index (χ2n) is 5.07. The standard InChI is InChI=1S/C16H21N3O2/c1-4-21-14-7-5-6-13(9-14)18-16(20)15-8-12(17)10-19(15)11(2)3/h5-11H,4,17H2,1-3H3,(H,18,20). The van der Waals surface area contributed by atoms with Crippen LogP contribution >= 0.6 is 0 Å². The van der Waals surface area contributed by atoms with E-state index < -0.39 is 0 Å². The van der Waals surface area contributed by atoms with E-state index in [0.717, 1.165) is 5.75 Å². The van der Waals surface area contributed by atoms with E-state index in [0.29, 0.717) is 23.7 Å². The number of hydrogen-bond acceptors (Lipinski definition) is 3. The van der Waals surface area contributed by atoms with Gasteiger partial charge in [-0.25, -0.2) is 0 Å². The fraction of sp³-hybridized carbons (Fsp3) is 0.312. The van der Waals surface area contributed by atoms with Crippen molar-refractivity contribution in [1.82, 2.24) is 4.57 Å². The van der Waals surface area contributed by atoms with Crippen LogP contribution in [0.1, 0.15) is 37.3 Å². The molecule has 0 aliphatic carbocycles. The van der Waals surface area contributed by atoms with Gasteiger partial charge in [0.1, 0.15) is 11.4 Å². The van der Waals surface area contributed by atoms with Gasteiger partial charge >= 0.3 is 0 Å². The van der Waals surface area contributed by atoms with Gasteiger partial charge in [0.25, 0.3) is 5.91 Å². The summed E-state index contributed by atoms with van der Waals surface area (Å²) < 4.78 is 7.28. The summed E-state index contributed by atoms with van der Waals surface area (Å²) in [5.74, 6) is 0.545. The molecule has 0 unspecified atom stereocenters. The zero-order valence-electron chi connectivity index (χ0n) is 12.6. The third-order valence-corrected chi connectivity index (χ3v) is 3.06. The number of nitrogens with zero attached hydrogens (tertiary/aromatic N) is 1. The maximum atomic E-state index is 12.4. The van der Waals surface area contributed by atoms with E-state index in [1.165, 1.54) is 0 Å². The molecular weight excluding hydrogens is 266 g/mol. The van der Waals surface area contributed by atoms with Crippen LogP contribution in [0.4, 0.5) is 11.4 Å². The van der Waals surface area contributed by atoms with Crippen molar-refractivity contribution in [3.8, 4) is 5.75 Å². The van der Waals surface area contributed by atoms with Crippen molar-refractivity contribution >= 4 is 17.3 Å². The second-order valence-corrected chi connectivity index (χ2v) is 5.07. The average Bonchev–Trinajstić information content (AvgIpc) is 2.82. The largest absolute Gasteiger partial charge is 0.494 e. The normalized spacial score (nSPS) is 10.7. The molecule has 5 heteroatoms. The number of aromatic nitrogens is 1. The minimum atomic E-state index is -0.186. The highest BCUT2D eigenvalue weighted by atomic mass is 16.5. The Hall–Kier alpha value is -2.43. The summed E-state index contributed by atoms with van der Waals surface area (Å²) in [6, 6.07) is 9.17. The molecule has 0 saturated carbocycles. The zero-order chi connectivity index (χ0) is 15.4. The molecule has 21 heavy (non-hydrogen) atoms. The molecule has 5 nitrogen and oxygen atoms in total. The van der Waals surface area contributed by atoms with Crippen LogP contribution < -0.4 is 15.8 Å². The van der Waals surface area contributed by atoms with E-state index >= 15 is 0 Å². The lowest BCUT2D eigenvalue weighted by atomic mass is 10.2. The van der Waals surface area contributed by atoms with E-state index in [4.69, 9.17) is 10.5 Å². The van der Waals surface area contributed by atoms with Gasteiger partial charge in [0.05, 0.1) is 12.3 Å². The summed E-state index contributed by atoms with van der Waals surface area (Å²) >= 11 is 0. The molecule has 0 aliphatic heterocycles. The molecule has 112 valence electrons. The van der Waals surface area contributed by atoms with Gasteiger partial charge in [-0.05, 0) is 39.0 Å². The predicted molar refractivity (Wildman–Crippen MR) is 84.8 cm³/mol. The Morgan fingerprint density at radius 2 is 2.14 bits per heavy atom. The maximum absolute atomic E-state index is 12.4. The Morgan fingerprint density at radius 3 is 2.81 bits per heavy atom. The van der Waals surface area contributed by atoms with E-state index in [1.807, 2.05) is 43.5 Å². The van der Waals surface area contributed by atoms with Crippen LogP contribution in [0.15, 0.2) is 36.5 Å². The molecule has 0 aliphatic rings. The summed E-state index contributed by atoms with van der Waals surface area (Å²) in [7, 11) is 0. The number of nitrogens with two attached hydrogens (primary N) is 1. The second kappa shape index (κ2) is 6.35. The number of nitrogens with one attached hydrogen (secondary N) is 1. The van der Waals surface area contributed by atoms with Gasteiger partial charge < -0.3 is 20.4 Å². The average molecular weight is 287 g/mol. The molecule has 0 fully saturated rings. The first-order chi connectivity index (χ1) is 10.0. The smallest absolute Gasteiger partial charge is 0.272 e. The lowest BCUT2D eigenvalue weighted by molar-refractivity contribution is 0.101. The van der Waals surface area contributed by atoms with Gasteiger partial charge in [0, 0.05) is 24.0 Å². The minimum absolute atomic E-state index is 0.165. The Balaban J connectivity index is 2.20. The summed E-state index contributed by atoms with van der Waals surface area (Å²) in [6.07, 6.45) is 1.77. The molecule has 2 aromatic rings. The molecule has 1 heterocycles. The Bertz CT molecular complexity index is 632. The van der Waals surface area contributed by atoms with Gasteiger partial charge in [-0.1, -0.05) is 6.07 Å². The van der Waals surface area contributed by atoms with Crippen LogP contribution in [0.3, 0.4) is 0 Å². The van der Waals surface area contributed by atoms with Crippen molar-refractivity contribution in [3.63, 3.8) is 0 Å². The number of carbonyl (C=O) groups excluding carboxylic acids is 1. The van der Waals surface area contributed by atoms with Crippen LogP contribution in [0.2, 0.25) is 0 Å². The molecule has 0 radical (unpaired) electrons. The van der Waals surface area contributed by atoms with Crippen molar-refractivity contribution in [1.29, 1.82) is 0 Å². The summed E-state index contributed by atoms with van der Waals surface area (Å²) in [4.78, 5) is 12.4. The Kier molecular flexibility index (Phi) is 4.52. The van der Waals surface area contributed by atoms with E-state index in [2.05, 4.69) is 5.32 Å². The number of hydrogen-bond donors (Lipinski definition) is 2. The SMILES string of the molecule is CCOc1cccc(NC(=O)c2cc(N)cn2C(C)C)c1. The fourth-order valence-electron chi connectivity index (χ4n) is 2.14. The van der Waals surface area contributed by atoms with E-state index in [9.17, 15) is 4.79 Å². The number of nitrogen functional groups attached to an aromatic ring is 1. The molecular formula is C16H21N3O2. The fourth-order valence-corrected chi connectivity index (χ4v) is 2.14. The number of carbonyl (C=O) groups is 1. The maximum Gasteiger partial charge on any atom is 0.272 e. The quantitative estimate of drug-likeness (QED) is 0.886. The van der Waals surface area contributed by atoms with Crippen LogP contribution in [-0.4, -0.2) is 17.1 Å². The topological polar surface area (TPSA) is 69.3 Å². The first-order valence-corrected chi connectivity index (χ1v) is 7.02. The first-order valence-electron chi connectivity index (χ1n) is 7.02. The predicted octanol–water partition coefficient (Wildman–Crippen LogP) is 3.30. The third-order valence-electron chi connectivity index (χ3n) is 3.06. The highest BCUT2D eigenvalue weighted by Gasteiger charge is 2.15. The lowest BCUT2D eigenvalue weighted by Gasteiger charge is -2.13. The van der Waals surface area contributed by atoms with Crippen molar-refractivity contribution < 1.29 is 9.53 Å². The first kappa shape index (κ1) is 15.0. The number of ether oxygens (including phenoxy) is 1. The zero-order valence-corrected chi connectivity index (χ0v) is 12.6. The highest BCUT2D eigenvalue weighted by molar-refractivity contribution is 6.04. The summed E-state index contributed by atoms with van der Waals surface area (Å²) in [6.45, 7) is 6.52. The van der Waals surface area contributed by atoms with Crippen molar-refractivity contribution in [3.05, 3.63) is 42.2 Å². The lowest BCUT2D eigenvalue weighted by Crippen LogP contribution is -2.17. The van der Waals surface area contributed by atoms with Crippen LogP contribution in [-0.2, 0) is 0 Å². The van der Waals surface area contributed by atoms with Gasteiger partial charge in [-0.3, -0.25) is 4.79 Å². The summed E-state index contributed by atoms with van der Waals surface area (Å²) in [5, 5.41) is 2.87. The van der Waals surface area contributed by atoms with Crippen LogP contribution in [0.5, 0.6) is 5.75 Å². The number of benzene rings is 1. The van der Waals surface area contributed by atoms with Gasteiger partial charge in [-0.2, -0.15) is 0 Å². The number of anilines is 2. The molecule has 0 spiro atoms. The monoisotopic (exact) mass is 287 g/mol. The number of amides is 1. The molecule has 1 aromatic heterocycles. The van der Waals surface area contributed by atoms with Crippen molar-refractivity contribution in [2.75, 3.05) is 17.7 Å². The molecule has 3 N–H and O–H groups in total. The van der Waals surface area contributed by atoms with Gasteiger partial charge in [-0.15, -0.1) is 0 Å². The highest BCUT2D eigenvalue weighted by Crippen LogP contribution is 2.20. The number of rotatable bonds is 5. The van der Waals surface area contributed by atoms with E-state index in [1.54, 1.807) is 18.3 Å². The van der Waals surface area contributed by atoms with Crippen LogP contribution in [0.25, 0.3) is 0 Å².